The van der Waals surface area contributed by atoms with Crippen molar-refractivity contribution in [2.75, 3.05) is 18.5 Å². The Labute approximate surface area is 191 Å². The summed E-state index contributed by atoms with van der Waals surface area (Å²) in [5.41, 5.74) is 2.25. The Morgan fingerprint density at radius 2 is 1.94 bits per heavy atom. The lowest BCUT2D eigenvalue weighted by atomic mass is 10.0. The van der Waals surface area contributed by atoms with Crippen molar-refractivity contribution in [1.82, 2.24) is 0 Å². The number of aromatic hydroxyl groups is 1. The highest BCUT2D eigenvalue weighted by Crippen LogP contribution is 2.36. The van der Waals surface area contributed by atoms with Crippen LogP contribution in [0.25, 0.3) is 11.1 Å². The maximum Gasteiger partial charge on any atom is 0.341 e. The van der Waals surface area contributed by atoms with Gasteiger partial charge in [0.05, 0.1) is 12.8 Å². The number of halogens is 1. The number of benzene rings is 2. The van der Waals surface area contributed by atoms with Gasteiger partial charge in [0, 0.05) is 21.0 Å². The van der Waals surface area contributed by atoms with Crippen molar-refractivity contribution in [1.29, 1.82) is 0 Å². The number of rotatable bonds is 8. The van der Waals surface area contributed by atoms with Crippen LogP contribution in [0.4, 0.5) is 5.00 Å². The van der Waals surface area contributed by atoms with Gasteiger partial charge in [-0.3, -0.25) is 4.79 Å². The average Bonchev–Trinajstić information content (AvgIpc) is 3.16. The second kappa shape index (κ2) is 10.7. The van der Waals surface area contributed by atoms with Gasteiger partial charge in [-0.15, -0.1) is 11.3 Å². The summed E-state index contributed by atoms with van der Waals surface area (Å²) < 4.78 is 6.10. The topological polar surface area (TPSA) is 97.2 Å². The first-order valence-corrected chi connectivity index (χ1v) is 10.9. The summed E-state index contributed by atoms with van der Waals surface area (Å²) in [4.78, 5) is 29.9. The second-order valence-electron chi connectivity index (χ2n) is 6.20. The predicted molar refractivity (Wildman–Crippen MR) is 124 cm³/mol. The van der Waals surface area contributed by atoms with Crippen LogP contribution in [0.5, 0.6) is 5.75 Å². The molecule has 1 amide bonds. The van der Waals surface area contributed by atoms with Gasteiger partial charge in [0.15, 0.2) is 6.61 Å². The highest BCUT2D eigenvalue weighted by atomic mass is 79.9. The zero-order chi connectivity index (χ0) is 22.2. The molecular formula is C22H19BrN2O5S. The van der Waals surface area contributed by atoms with Crippen molar-refractivity contribution < 1.29 is 24.3 Å². The van der Waals surface area contributed by atoms with Crippen LogP contribution in [0, 0.1) is 0 Å². The van der Waals surface area contributed by atoms with Crippen molar-refractivity contribution in [3.8, 4) is 16.9 Å². The molecule has 0 saturated carbocycles. The Hall–Kier alpha value is -3.17. The molecule has 3 rings (SSSR count). The number of para-hydroxylation sites is 1. The fourth-order valence-corrected chi connectivity index (χ4v) is 3.88. The predicted octanol–water partition coefficient (Wildman–Crippen LogP) is 5.05. The Bertz CT molecular complexity index is 1100. The van der Waals surface area contributed by atoms with Gasteiger partial charge in [0.2, 0.25) is 0 Å². The number of hydrogen-bond donors (Lipinski definition) is 2. The van der Waals surface area contributed by atoms with Gasteiger partial charge in [-0.25, -0.2) is 4.79 Å². The fourth-order valence-electron chi connectivity index (χ4n) is 2.65. The number of phenolic OH excluding ortho intramolecular Hbond substituents is 1. The van der Waals surface area contributed by atoms with Crippen molar-refractivity contribution in [2.45, 2.75) is 6.92 Å². The van der Waals surface area contributed by atoms with Gasteiger partial charge in [0.1, 0.15) is 16.3 Å². The van der Waals surface area contributed by atoms with Gasteiger partial charge < -0.3 is 20.0 Å². The van der Waals surface area contributed by atoms with Gasteiger partial charge in [-0.1, -0.05) is 45.4 Å². The maximum atomic E-state index is 12.6. The normalized spacial score (nSPS) is 10.8. The van der Waals surface area contributed by atoms with E-state index in [1.807, 2.05) is 24.3 Å². The third kappa shape index (κ3) is 5.93. The number of ether oxygens (including phenoxy) is 1. The molecule has 1 heterocycles. The lowest BCUT2D eigenvalue weighted by Crippen LogP contribution is -2.18. The number of carbonyl (C=O) groups is 2. The minimum atomic E-state index is -0.518. The molecule has 3 aromatic rings. The average molecular weight is 503 g/mol. The molecule has 31 heavy (non-hydrogen) atoms. The molecule has 0 atom stereocenters. The molecule has 0 aliphatic carbocycles. The molecule has 0 fully saturated rings. The van der Waals surface area contributed by atoms with Gasteiger partial charge in [-0.2, -0.15) is 0 Å². The molecule has 1 aromatic heterocycles. The monoisotopic (exact) mass is 502 g/mol. The third-order valence-corrected chi connectivity index (χ3v) is 5.50. The molecule has 0 saturated heterocycles. The largest absolute Gasteiger partial charge is 0.507 e. The van der Waals surface area contributed by atoms with Crippen LogP contribution >= 0.6 is 27.3 Å². The number of anilines is 1. The van der Waals surface area contributed by atoms with Crippen LogP contribution in [0.2, 0.25) is 0 Å². The molecule has 0 aliphatic rings. The van der Waals surface area contributed by atoms with Crippen LogP contribution in [0.1, 0.15) is 22.8 Å². The van der Waals surface area contributed by atoms with E-state index in [0.29, 0.717) is 21.7 Å². The fraction of sp³-hybridized carbons (Fsp3) is 0.136. The summed E-state index contributed by atoms with van der Waals surface area (Å²) in [5.74, 6) is -0.947. The SMILES string of the molecule is CCOC(=O)c1c(-c2ccc(Br)cc2)csc1NC(=O)CON=Cc1ccccc1O. The van der Waals surface area contributed by atoms with Crippen molar-refractivity contribution in [2.24, 2.45) is 5.16 Å². The molecule has 2 aromatic carbocycles. The highest BCUT2D eigenvalue weighted by molar-refractivity contribution is 9.10. The molecule has 7 nitrogen and oxygen atoms in total. The standard InChI is InChI=1S/C22H19BrN2O5S/c1-2-29-22(28)20-17(14-7-9-16(23)10-8-14)13-31-21(20)25-19(27)12-30-24-11-15-5-3-4-6-18(15)26/h3-11,13,26H,2,12H2,1H3,(H,25,27). The number of oxime groups is 1. The van der Waals surface area contributed by atoms with Crippen LogP contribution < -0.4 is 5.32 Å². The van der Waals surface area contributed by atoms with E-state index < -0.39 is 11.9 Å². The molecule has 0 unspecified atom stereocenters. The maximum absolute atomic E-state index is 12.6. The molecule has 160 valence electrons. The third-order valence-electron chi connectivity index (χ3n) is 4.08. The van der Waals surface area contributed by atoms with Crippen LogP contribution in [0.15, 0.2) is 63.5 Å². The van der Waals surface area contributed by atoms with E-state index in [1.54, 1.807) is 30.5 Å². The minimum Gasteiger partial charge on any atom is -0.507 e. The first-order chi connectivity index (χ1) is 15.0. The molecular weight excluding hydrogens is 484 g/mol. The number of hydrogen-bond acceptors (Lipinski definition) is 7. The molecule has 0 radical (unpaired) electrons. The Kier molecular flexibility index (Phi) is 7.80. The first-order valence-electron chi connectivity index (χ1n) is 9.27. The summed E-state index contributed by atoms with van der Waals surface area (Å²) in [7, 11) is 0. The van der Waals surface area contributed by atoms with Gasteiger partial charge in [0.25, 0.3) is 5.91 Å². The zero-order valence-corrected chi connectivity index (χ0v) is 18.9. The Balaban J connectivity index is 1.71. The van der Waals surface area contributed by atoms with Crippen molar-refractivity contribution in [3.63, 3.8) is 0 Å². The number of esters is 1. The van der Waals surface area contributed by atoms with Crippen LogP contribution in [0.3, 0.4) is 0 Å². The number of nitrogens with one attached hydrogen (secondary N) is 1. The number of phenols is 1. The first kappa shape index (κ1) is 22.5. The van der Waals surface area contributed by atoms with E-state index in [0.717, 1.165) is 10.0 Å². The molecule has 0 bridgehead atoms. The van der Waals surface area contributed by atoms with E-state index in [-0.39, 0.29) is 19.0 Å². The summed E-state index contributed by atoms with van der Waals surface area (Å²) in [6.07, 6.45) is 1.31. The summed E-state index contributed by atoms with van der Waals surface area (Å²) in [5, 5.41) is 18.2. The van der Waals surface area contributed by atoms with E-state index in [2.05, 4.69) is 26.4 Å². The Morgan fingerprint density at radius 3 is 2.65 bits per heavy atom. The van der Waals surface area contributed by atoms with Crippen LogP contribution in [-0.2, 0) is 14.4 Å². The quantitative estimate of drug-likeness (QED) is 0.255. The van der Waals surface area contributed by atoms with Gasteiger partial charge in [-0.05, 0) is 36.8 Å². The van der Waals surface area contributed by atoms with E-state index in [4.69, 9.17) is 9.57 Å². The molecule has 2 N–H and O–H groups in total. The highest BCUT2D eigenvalue weighted by Gasteiger charge is 2.23. The summed E-state index contributed by atoms with van der Waals surface area (Å²) >= 11 is 4.62. The lowest BCUT2D eigenvalue weighted by Gasteiger charge is -2.08. The molecule has 9 heteroatoms. The smallest absolute Gasteiger partial charge is 0.341 e. The number of nitrogens with zero attached hydrogens (tertiary/aromatic N) is 1. The number of amides is 1. The minimum absolute atomic E-state index is 0.0532. The molecule has 0 aliphatic heterocycles. The van der Waals surface area contributed by atoms with E-state index in [9.17, 15) is 14.7 Å². The van der Waals surface area contributed by atoms with Crippen LogP contribution in [-0.4, -0.2) is 36.4 Å². The summed E-state index contributed by atoms with van der Waals surface area (Å²) in [6, 6.07) is 14.1. The zero-order valence-electron chi connectivity index (χ0n) is 16.5. The van der Waals surface area contributed by atoms with E-state index in [1.165, 1.54) is 23.6 Å². The lowest BCUT2D eigenvalue weighted by molar-refractivity contribution is -0.120. The van der Waals surface area contributed by atoms with Crippen molar-refractivity contribution in [3.05, 3.63) is 69.5 Å². The molecule has 0 spiro atoms. The van der Waals surface area contributed by atoms with Crippen molar-refractivity contribution >= 4 is 50.4 Å². The summed E-state index contributed by atoms with van der Waals surface area (Å²) in [6.45, 7) is 1.57. The number of thiophene rings is 1. The number of carbonyl (C=O) groups excluding carboxylic acids is 2. The second-order valence-corrected chi connectivity index (χ2v) is 7.99. The Morgan fingerprint density at radius 1 is 1.19 bits per heavy atom. The van der Waals surface area contributed by atoms with E-state index >= 15 is 0 Å². The van der Waals surface area contributed by atoms with Gasteiger partial charge >= 0.3 is 5.97 Å².